The van der Waals surface area contributed by atoms with E-state index < -0.39 is 0 Å². The molecule has 0 spiro atoms. The first-order valence-electron chi connectivity index (χ1n) is 10.0. The van der Waals surface area contributed by atoms with E-state index in [0.717, 1.165) is 40.0 Å². The number of benzene rings is 2. The molecule has 0 aliphatic carbocycles. The van der Waals surface area contributed by atoms with Crippen LogP contribution in [-0.2, 0) is 18.8 Å². The predicted molar refractivity (Wildman–Crippen MR) is 121 cm³/mol. The highest BCUT2D eigenvalue weighted by Gasteiger charge is 2.13. The largest absolute Gasteiger partial charge is 0.348 e. The van der Waals surface area contributed by atoms with Crippen LogP contribution in [0.2, 0.25) is 0 Å². The first-order valence-corrected chi connectivity index (χ1v) is 11.0. The van der Waals surface area contributed by atoms with Gasteiger partial charge in [0, 0.05) is 29.1 Å². The number of nitrogens with zero attached hydrogens (tertiary/aromatic N) is 4. The number of hydrogen-bond acceptors (Lipinski definition) is 5. The maximum Gasteiger partial charge on any atom is 0.251 e. The third-order valence-corrected chi connectivity index (χ3v) is 6.06. The number of carbonyl (C=O) groups excluding carboxylic acids is 1. The van der Waals surface area contributed by atoms with Crippen LogP contribution < -0.4 is 5.32 Å². The van der Waals surface area contributed by atoms with Crippen molar-refractivity contribution in [2.24, 2.45) is 0 Å². The van der Waals surface area contributed by atoms with Gasteiger partial charge >= 0.3 is 0 Å². The average Bonchev–Trinajstić information content (AvgIpc) is 3.40. The number of rotatable bonds is 8. The van der Waals surface area contributed by atoms with Gasteiger partial charge in [-0.2, -0.15) is 10.2 Å². The van der Waals surface area contributed by atoms with Crippen molar-refractivity contribution in [3.8, 4) is 0 Å². The van der Waals surface area contributed by atoms with Crippen molar-refractivity contribution in [2.75, 3.05) is 0 Å². The van der Waals surface area contributed by atoms with Gasteiger partial charge in [-0.05, 0) is 37.1 Å². The standard InChI is InChI=1S/C23H24N6OS/c1-16-21(17(2)29(28-16)13-18-6-4-3-5-7-18)12-24-22(30)20-10-8-19(9-11-20)14-31-23-25-15-26-27-23/h3-11,15H,12-14H2,1-2H3,(H,24,30)(H,25,26,27). The fourth-order valence-corrected chi connectivity index (χ4v) is 4.07. The van der Waals surface area contributed by atoms with E-state index in [1.807, 2.05) is 61.0 Å². The van der Waals surface area contributed by atoms with Crippen LogP contribution in [0.1, 0.15) is 38.4 Å². The Morgan fingerprint density at radius 2 is 1.84 bits per heavy atom. The second-order valence-corrected chi connectivity index (χ2v) is 8.22. The first-order chi connectivity index (χ1) is 15.1. The number of thioether (sulfide) groups is 1. The van der Waals surface area contributed by atoms with E-state index in [9.17, 15) is 4.79 Å². The third kappa shape index (κ3) is 5.21. The Bertz CT molecular complexity index is 1140. The van der Waals surface area contributed by atoms with Crippen molar-refractivity contribution in [3.63, 3.8) is 0 Å². The Kier molecular flexibility index (Phi) is 6.47. The van der Waals surface area contributed by atoms with Crippen molar-refractivity contribution >= 4 is 17.7 Å². The zero-order valence-corrected chi connectivity index (χ0v) is 18.3. The lowest BCUT2D eigenvalue weighted by Gasteiger charge is -2.08. The summed E-state index contributed by atoms with van der Waals surface area (Å²) >= 11 is 1.57. The molecule has 2 N–H and O–H groups in total. The lowest BCUT2D eigenvalue weighted by molar-refractivity contribution is 0.0951. The Morgan fingerprint density at radius 1 is 1.06 bits per heavy atom. The number of aromatic amines is 1. The summed E-state index contributed by atoms with van der Waals surface area (Å²) in [6.07, 6.45) is 1.49. The van der Waals surface area contributed by atoms with Gasteiger partial charge < -0.3 is 5.32 Å². The molecule has 0 saturated heterocycles. The maximum absolute atomic E-state index is 12.6. The molecule has 0 aliphatic heterocycles. The van der Waals surface area contributed by atoms with E-state index in [1.54, 1.807) is 11.8 Å². The van der Waals surface area contributed by atoms with Crippen LogP contribution in [0.3, 0.4) is 0 Å². The van der Waals surface area contributed by atoms with Crippen molar-refractivity contribution in [1.29, 1.82) is 0 Å². The third-order valence-electron chi connectivity index (χ3n) is 5.12. The number of nitrogens with one attached hydrogen (secondary N) is 2. The zero-order valence-electron chi connectivity index (χ0n) is 17.5. The SMILES string of the molecule is Cc1nn(Cc2ccccc2)c(C)c1CNC(=O)c1ccc(CSc2ncn[nH]2)cc1. The topological polar surface area (TPSA) is 88.5 Å². The van der Waals surface area contributed by atoms with Crippen LogP contribution in [0.4, 0.5) is 0 Å². The molecule has 0 saturated carbocycles. The number of H-pyrrole nitrogens is 1. The normalized spacial score (nSPS) is 10.9. The van der Waals surface area contributed by atoms with E-state index in [-0.39, 0.29) is 5.91 Å². The van der Waals surface area contributed by atoms with Crippen LogP contribution in [0, 0.1) is 13.8 Å². The number of aryl methyl sites for hydroxylation is 1. The monoisotopic (exact) mass is 432 g/mol. The molecule has 2 aromatic carbocycles. The van der Waals surface area contributed by atoms with Crippen LogP contribution in [0.15, 0.2) is 66.1 Å². The minimum atomic E-state index is -0.0935. The van der Waals surface area contributed by atoms with Crippen LogP contribution in [0.25, 0.3) is 0 Å². The zero-order chi connectivity index (χ0) is 21.6. The molecule has 4 rings (SSSR count). The lowest BCUT2D eigenvalue weighted by atomic mass is 10.1. The van der Waals surface area contributed by atoms with Gasteiger partial charge in [0.15, 0.2) is 5.16 Å². The van der Waals surface area contributed by atoms with Crippen molar-refractivity contribution < 1.29 is 4.79 Å². The van der Waals surface area contributed by atoms with E-state index >= 15 is 0 Å². The highest BCUT2D eigenvalue weighted by Crippen LogP contribution is 2.19. The Balaban J connectivity index is 1.35. The summed E-state index contributed by atoms with van der Waals surface area (Å²) in [7, 11) is 0. The Labute approximate surface area is 185 Å². The maximum atomic E-state index is 12.6. The molecule has 158 valence electrons. The smallest absolute Gasteiger partial charge is 0.251 e. The molecule has 2 heterocycles. The Hall–Kier alpha value is -3.39. The predicted octanol–water partition coefficient (Wildman–Crippen LogP) is 3.89. The van der Waals surface area contributed by atoms with Crippen LogP contribution >= 0.6 is 11.8 Å². The second kappa shape index (κ2) is 9.61. The molecule has 0 radical (unpaired) electrons. The highest BCUT2D eigenvalue weighted by atomic mass is 32.2. The molecular formula is C23H24N6OS. The number of aromatic nitrogens is 5. The molecule has 2 aromatic heterocycles. The van der Waals surface area contributed by atoms with E-state index in [1.165, 1.54) is 11.9 Å². The second-order valence-electron chi connectivity index (χ2n) is 7.25. The Morgan fingerprint density at radius 3 is 2.55 bits per heavy atom. The van der Waals surface area contributed by atoms with Crippen molar-refractivity contribution in [3.05, 3.63) is 94.6 Å². The van der Waals surface area contributed by atoms with Crippen LogP contribution in [-0.4, -0.2) is 30.9 Å². The van der Waals surface area contributed by atoms with Gasteiger partial charge in [-0.15, -0.1) is 0 Å². The van der Waals surface area contributed by atoms with Gasteiger partial charge in [-0.25, -0.2) is 4.98 Å². The minimum absolute atomic E-state index is 0.0935. The molecule has 0 atom stereocenters. The average molecular weight is 433 g/mol. The van der Waals surface area contributed by atoms with E-state index in [0.29, 0.717) is 12.1 Å². The number of amides is 1. The number of carbonyl (C=O) groups is 1. The molecule has 4 aromatic rings. The summed E-state index contributed by atoms with van der Waals surface area (Å²) < 4.78 is 1.99. The molecule has 0 unspecified atom stereocenters. The molecule has 31 heavy (non-hydrogen) atoms. The van der Waals surface area contributed by atoms with Gasteiger partial charge in [0.25, 0.3) is 5.91 Å². The van der Waals surface area contributed by atoms with E-state index in [4.69, 9.17) is 0 Å². The molecule has 8 heteroatoms. The van der Waals surface area contributed by atoms with Gasteiger partial charge in [0.1, 0.15) is 6.33 Å². The van der Waals surface area contributed by atoms with Crippen molar-refractivity contribution in [2.45, 2.75) is 37.8 Å². The van der Waals surface area contributed by atoms with Crippen molar-refractivity contribution in [1.82, 2.24) is 30.3 Å². The fourth-order valence-electron chi connectivity index (χ4n) is 3.34. The molecule has 0 bridgehead atoms. The summed E-state index contributed by atoms with van der Waals surface area (Å²) in [5.74, 6) is 0.667. The summed E-state index contributed by atoms with van der Waals surface area (Å²) in [6.45, 7) is 5.20. The minimum Gasteiger partial charge on any atom is -0.348 e. The number of hydrogen-bond donors (Lipinski definition) is 2. The molecule has 0 fully saturated rings. The summed E-state index contributed by atoms with van der Waals surface area (Å²) in [6, 6.07) is 17.9. The molecule has 7 nitrogen and oxygen atoms in total. The van der Waals surface area contributed by atoms with Gasteiger partial charge in [-0.1, -0.05) is 54.2 Å². The van der Waals surface area contributed by atoms with E-state index in [2.05, 4.69) is 37.7 Å². The lowest BCUT2D eigenvalue weighted by Crippen LogP contribution is -2.23. The molecule has 0 aliphatic rings. The molecular weight excluding hydrogens is 408 g/mol. The quantitative estimate of drug-likeness (QED) is 0.413. The fraction of sp³-hybridized carbons (Fsp3) is 0.217. The summed E-state index contributed by atoms with van der Waals surface area (Å²) in [4.78, 5) is 16.7. The molecule has 1 amide bonds. The first kappa shape index (κ1) is 20.9. The van der Waals surface area contributed by atoms with Gasteiger partial charge in [0.2, 0.25) is 0 Å². The summed E-state index contributed by atoms with van der Waals surface area (Å²) in [5.41, 5.74) is 6.02. The highest BCUT2D eigenvalue weighted by molar-refractivity contribution is 7.98. The van der Waals surface area contributed by atoms with Gasteiger partial charge in [0.05, 0.1) is 12.2 Å². The van der Waals surface area contributed by atoms with Gasteiger partial charge in [-0.3, -0.25) is 14.6 Å². The summed E-state index contributed by atoms with van der Waals surface area (Å²) in [5, 5.41) is 15.1. The van der Waals surface area contributed by atoms with Crippen LogP contribution in [0.5, 0.6) is 0 Å².